The molecule has 0 unspecified atom stereocenters. The minimum absolute atomic E-state index is 0.184. The van der Waals surface area contributed by atoms with E-state index in [1.54, 1.807) is 6.07 Å². The number of aromatic amines is 1. The second-order valence-corrected chi connectivity index (χ2v) is 4.49. The van der Waals surface area contributed by atoms with Gasteiger partial charge in [-0.2, -0.15) is 13.2 Å². The molecule has 2 heterocycles. The summed E-state index contributed by atoms with van der Waals surface area (Å²) in [5.74, 6) is 0.409. The summed E-state index contributed by atoms with van der Waals surface area (Å²) < 4.78 is 37.6. The Bertz CT molecular complexity index is 778. The van der Waals surface area contributed by atoms with Crippen molar-refractivity contribution in [2.24, 2.45) is 0 Å². The normalized spacial score (nSPS) is 12.0. The van der Waals surface area contributed by atoms with Gasteiger partial charge in [0.05, 0.1) is 12.2 Å². The minimum atomic E-state index is -4.36. The first kappa shape index (κ1) is 13.6. The molecule has 21 heavy (non-hydrogen) atoms. The molecule has 0 bridgehead atoms. The molecule has 0 aliphatic rings. The van der Waals surface area contributed by atoms with Crippen LogP contribution in [-0.4, -0.2) is 20.1 Å². The minimum Gasteiger partial charge on any atom is -0.392 e. The second-order valence-electron chi connectivity index (χ2n) is 4.49. The van der Waals surface area contributed by atoms with Gasteiger partial charge in [0.25, 0.3) is 0 Å². The van der Waals surface area contributed by atoms with E-state index in [1.165, 1.54) is 18.3 Å². The number of pyridine rings is 1. The van der Waals surface area contributed by atoms with E-state index in [0.717, 1.165) is 12.1 Å². The van der Waals surface area contributed by atoms with Crippen molar-refractivity contribution in [1.82, 2.24) is 15.0 Å². The number of rotatable bonds is 2. The lowest BCUT2D eigenvalue weighted by Crippen LogP contribution is -2.04. The third-order valence-corrected chi connectivity index (χ3v) is 3.12. The molecule has 3 rings (SSSR count). The lowest BCUT2D eigenvalue weighted by Gasteiger charge is -2.06. The molecule has 3 aromatic rings. The highest BCUT2D eigenvalue weighted by atomic mass is 19.4. The van der Waals surface area contributed by atoms with Gasteiger partial charge in [-0.25, -0.2) is 9.97 Å². The highest BCUT2D eigenvalue weighted by molar-refractivity contribution is 5.78. The summed E-state index contributed by atoms with van der Waals surface area (Å²) in [6, 6.07) is 6.34. The summed E-state index contributed by atoms with van der Waals surface area (Å²) >= 11 is 0. The number of fused-ring (bicyclic) bond motifs is 1. The number of nitrogens with one attached hydrogen (secondary N) is 1. The van der Waals surface area contributed by atoms with Crippen LogP contribution < -0.4 is 0 Å². The standard InChI is InChI=1S/C14H10F3N3O/c15-14(16,17)10-3-1-8(2-4-10)12-19-11-9(7-21)5-6-18-13(11)20-12/h1-6,21H,7H2,(H,18,19,20). The number of halogens is 3. The molecule has 7 heteroatoms. The van der Waals surface area contributed by atoms with E-state index < -0.39 is 11.7 Å². The Labute approximate surface area is 117 Å². The first-order valence-corrected chi connectivity index (χ1v) is 6.11. The van der Waals surface area contributed by atoms with E-state index in [1.807, 2.05) is 0 Å². The van der Waals surface area contributed by atoms with Crippen LogP contribution in [0.15, 0.2) is 36.5 Å². The van der Waals surface area contributed by atoms with Crippen molar-refractivity contribution in [1.29, 1.82) is 0 Å². The predicted octanol–water partition coefficient (Wildman–Crippen LogP) is 3.14. The quantitative estimate of drug-likeness (QED) is 0.763. The number of imidazole rings is 1. The van der Waals surface area contributed by atoms with Crippen molar-refractivity contribution in [2.45, 2.75) is 12.8 Å². The molecule has 1 aromatic carbocycles. The molecule has 0 spiro atoms. The maximum absolute atomic E-state index is 12.5. The van der Waals surface area contributed by atoms with Crippen LogP contribution in [-0.2, 0) is 12.8 Å². The van der Waals surface area contributed by atoms with E-state index in [-0.39, 0.29) is 6.61 Å². The van der Waals surface area contributed by atoms with Gasteiger partial charge in [0.2, 0.25) is 0 Å². The Balaban J connectivity index is 2.04. The number of hydrogen-bond acceptors (Lipinski definition) is 3. The fourth-order valence-corrected chi connectivity index (χ4v) is 2.04. The van der Waals surface area contributed by atoms with Gasteiger partial charge < -0.3 is 10.1 Å². The summed E-state index contributed by atoms with van der Waals surface area (Å²) in [6.07, 6.45) is -2.83. The van der Waals surface area contributed by atoms with Crippen molar-refractivity contribution in [2.75, 3.05) is 0 Å². The van der Waals surface area contributed by atoms with E-state index >= 15 is 0 Å². The maximum atomic E-state index is 12.5. The van der Waals surface area contributed by atoms with Crippen molar-refractivity contribution in [3.05, 3.63) is 47.7 Å². The predicted molar refractivity (Wildman–Crippen MR) is 70.2 cm³/mol. The molecule has 0 aliphatic heterocycles. The summed E-state index contributed by atoms with van der Waals surface area (Å²) in [4.78, 5) is 11.3. The summed E-state index contributed by atoms with van der Waals surface area (Å²) in [6.45, 7) is -0.184. The third-order valence-electron chi connectivity index (χ3n) is 3.12. The molecular weight excluding hydrogens is 283 g/mol. The summed E-state index contributed by atoms with van der Waals surface area (Å²) in [7, 11) is 0. The molecule has 0 fully saturated rings. The molecular formula is C14H10F3N3O. The highest BCUT2D eigenvalue weighted by Gasteiger charge is 2.30. The number of aliphatic hydroxyl groups excluding tert-OH is 1. The molecule has 0 amide bonds. The Morgan fingerprint density at radius 3 is 2.43 bits per heavy atom. The molecule has 0 saturated carbocycles. The van der Waals surface area contributed by atoms with Crippen molar-refractivity contribution in [3.8, 4) is 11.4 Å². The number of aliphatic hydroxyl groups is 1. The Morgan fingerprint density at radius 2 is 1.81 bits per heavy atom. The molecule has 2 aromatic heterocycles. The van der Waals surface area contributed by atoms with Crippen LogP contribution in [0.3, 0.4) is 0 Å². The molecule has 0 aliphatic carbocycles. The van der Waals surface area contributed by atoms with Crippen LogP contribution in [0.4, 0.5) is 13.2 Å². The van der Waals surface area contributed by atoms with Gasteiger partial charge in [-0.05, 0) is 18.2 Å². The Hall–Kier alpha value is -2.41. The highest BCUT2D eigenvalue weighted by Crippen LogP contribution is 2.30. The largest absolute Gasteiger partial charge is 0.416 e. The average Bonchev–Trinajstić information content (AvgIpc) is 2.90. The molecule has 0 saturated heterocycles. The van der Waals surface area contributed by atoms with Crippen molar-refractivity contribution < 1.29 is 18.3 Å². The number of hydrogen-bond donors (Lipinski definition) is 2. The van der Waals surface area contributed by atoms with Gasteiger partial charge in [-0.15, -0.1) is 0 Å². The fraction of sp³-hybridized carbons (Fsp3) is 0.143. The first-order valence-electron chi connectivity index (χ1n) is 6.11. The van der Waals surface area contributed by atoms with Crippen molar-refractivity contribution in [3.63, 3.8) is 0 Å². The van der Waals surface area contributed by atoms with Gasteiger partial charge in [-0.3, -0.25) is 0 Å². The number of benzene rings is 1. The van der Waals surface area contributed by atoms with Crippen LogP contribution >= 0.6 is 0 Å². The smallest absolute Gasteiger partial charge is 0.392 e. The molecule has 108 valence electrons. The Kier molecular flexibility index (Phi) is 3.13. The van der Waals surface area contributed by atoms with Crippen molar-refractivity contribution >= 4 is 11.2 Å². The number of alkyl halides is 3. The number of aromatic nitrogens is 3. The number of H-pyrrole nitrogens is 1. The van der Waals surface area contributed by atoms with Crippen LogP contribution in [0.25, 0.3) is 22.6 Å². The van der Waals surface area contributed by atoms with Crippen LogP contribution in [0.5, 0.6) is 0 Å². The Morgan fingerprint density at radius 1 is 1.10 bits per heavy atom. The van der Waals surface area contributed by atoms with Crippen LogP contribution in [0.1, 0.15) is 11.1 Å². The zero-order valence-electron chi connectivity index (χ0n) is 10.6. The van der Waals surface area contributed by atoms with Gasteiger partial charge >= 0.3 is 6.18 Å². The van der Waals surface area contributed by atoms with Gasteiger partial charge in [0.15, 0.2) is 5.65 Å². The van der Waals surface area contributed by atoms with E-state index in [0.29, 0.717) is 28.1 Å². The van der Waals surface area contributed by atoms with Gasteiger partial charge in [-0.1, -0.05) is 12.1 Å². The topological polar surface area (TPSA) is 61.8 Å². The summed E-state index contributed by atoms with van der Waals surface area (Å²) in [5, 5.41) is 9.23. The second kappa shape index (κ2) is 4.85. The third kappa shape index (κ3) is 2.47. The summed E-state index contributed by atoms with van der Waals surface area (Å²) in [5.41, 5.74) is 1.40. The maximum Gasteiger partial charge on any atom is 0.416 e. The fourth-order valence-electron chi connectivity index (χ4n) is 2.04. The molecule has 4 nitrogen and oxygen atoms in total. The SMILES string of the molecule is OCc1ccnc2[nH]c(-c3ccc(C(F)(F)F)cc3)nc12. The van der Waals surface area contributed by atoms with E-state index in [2.05, 4.69) is 15.0 Å². The zero-order valence-corrected chi connectivity index (χ0v) is 10.6. The molecule has 0 atom stereocenters. The first-order chi connectivity index (χ1) is 9.99. The van der Waals surface area contributed by atoms with Crippen LogP contribution in [0, 0.1) is 0 Å². The lowest BCUT2D eigenvalue weighted by molar-refractivity contribution is -0.137. The lowest BCUT2D eigenvalue weighted by atomic mass is 10.1. The van der Waals surface area contributed by atoms with Gasteiger partial charge in [0.1, 0.15) is 11.3 Å². The van der Waals surface area contributed by atoms with E-state index in [9.17, 15) is 18.3 Å². The van der Waals surface area contributed by atoms with E-state index in [4.69, 9.17) is 0 Å². The van der Waals surface area contributed by atoms with Crippen LogP contribution in [0.2, 0.25) is 0 Å². The number of nitrogens with zero attached hydrogens (tertiary/aromatic N) is 2. The monoisotopic (exact) mass is 293 g/mol. The molecule has 0 radical (unpaired) electrons. The zero-order chi connectivity index (χ0) is 15.0. The molecule has 2 N–H and O–H groups in total. The average molecular weight is 293 g/mol. The van der Waals surface area contributed by atoms with Gasteiger partial charge in [0, 0.05) is 17.3 Å².